The lowest BCUT2D eigenvalue weighted by Gasteiger charge is -2.42. The molecular formula is C25H34N2O4S. The van der Waals surface area contributed by atoms with Crippen molar-refractivity contribution in [2.75, 3.05) is 10.6 Å². The van der Waals surface area contributed by atoms with Gasteiger partial charge in [0.1, 0.15) is 17.4 Å². The number of sulfonamides is 1. The van der Waals surface area contributed by atoms with Crippen LogP contribution in [-0.2, 0) is 14.8 Å². The summed E-state index contributed by atoms with van der Waals surface area (Å²) in [7, 11) is -3.67. The van der Waals surface area contributed by atoms with E-state index in [1.165, 1.54) is 4.31 Å². The SMILES string of the molecule is CC[C@H](C(=O)N[C@@H]1CC(CC)(CC)Oc2ccccc21)N(c1ccc(C)cc1)S(C)(=O)=O. The average Bonchev–Trinajstić information content (AvgIpc) is 2.77. The third-order valence-electron chi connectivity index (χ3n) is 6.42. The van der Waals surface area contributed by atoms with Crippen LogP contribution in [0.25, 0.3) is 0 Å². The Kier molecular flexibility index (Phi) is 7.18. The van der Waals surface area contributed by atoms with Gasteiger partial charge in [0, 0.05) is 12.0 Å². The van der Waals surface area contributed by atoms with Gasteiger partial charge in [-0.05, 0) is 44.4 Å². The highest BCUT2D eigenvalue weighted by molar-refractivity contribution is 7.92. The van der Waals surface area contributed by atoms with Crippen LogP contribution in [0.2, 0.25) is 0 Å². The topological polar surface area (TPSA) is 75.7 Å². The molecule has 7 heteroatoms. The summed E-state index contributed by atoms with van der Waals surface area (Å²) in [4.78, 5) is 13.5. The lowest BCUT2D eigenvalue weighted by atomic mass is 9.83. The largest absolute Gasteiger partial charge is 0.487 e. The number of anilines is 1. The normalized spacial score (nSPS) is 18.2. The molecule has 2 atom stereocenters. The lowest BCUT2D eigenvalue weighted by molar-refractivity contribution is -0.123. The molecule has 2 aromatic rings. The Morgan fingerprint density at radius 2 is 1.75 bits per heavy atom. The summed E-state index contributed by atoms with van der Waals surface area (Å²) in [6.45, 7) is 7.95. The van der Waals surface area contributed by atoms with Crippen LogP contribution in [0.4, 0.5) is 5.69 Å². The minimum absolute atomic E-state index is 0.249. The first-order valence-corrected chi connectivity index (χ1v) is 13.1. The Labute approximate surface area is 192 Å². The second-order valence-corrected chi connectivity index (χ2v) is 10.5. The van der Waals surface area contributed by atoms with Gasteiger partial charge in [-0.25, -0.2) is 8.42 Å². The van der Waals surface area contributed by atoms with Crippen LogP contribution in [0.15, 0.2) is 48.5 Å². The molecule has 0 saturated heterocycles. The van der Waals surface area contributed by atoms with Crippen LogP contribution in [0.1, 0.15) is 63.6 Å². The summed E-state index contributed by atoms with van der Waals surface area (Å²) in [5.74, 6) is 0.473. The van der Waals surface area contributed by atoms with Crippen molar-refractivity contribution in [1.29, 1.82) is 0 Å². The standard InChI is InChI=1S/C25H34N2O4S/c1-6-22(27(32(5,29)30)19-15-13-18(4)14-16-19)24(28)26-21-17-25(7-2,8-3)31-23-12-10-9-11-20(21)23/h9-16,21-22H,6-8,17H2,1-5H3,(H,26,28)/t21-,22-/m1/s1. The van der Waals surface area contributed by atoms with Gasteiger partial charge in [0.15, 0.2) is 0 Å². The second kappa shape index (κ2) is 9.53. The van der Waals surface area contributed by atoms with Crippen molar-refractivity contribution in [2.24, 2.45) is 0 Å². The predicted molar refractivity (Wildman–Crippen MR) is 128 cm³/mol. The van der Waals surface area contributed by atoms with E-state index in [1.807, 2.05) is 50.2 Å². The minimum atomic E-state index is -3.67. The molecule has 1 heterocycles. The smallest absolute Gasteiger partial charge is 0.244 e. The summed E-state index contributed by atoms with van der Waals surface area (Å²) in [5.41, 5.74) is 2.08. The Bertz CT molecular complexity index is 1050. The van der Waals surface area contributed by atoms with Crippen molar-refractivity contribution in [3.63, 3.8) is 0 Å². The molecule has 1 aliphatic heterocycles. The van der Waals surface area contributed by atoms with Gasteiger partial charge < -0.3 is 10.1 Å². The van der Waals surface area contributed by atoms with E-state index < -0.39 is 16.1 Å². The van der Waals surface area contributed by atoms with Gasteiger partial charge in [0.25, 0.3) is 0 Å². The zero-order valence-electron chi connectivity index (χ0n) is 19.6. The van der Waals surface area contributed by atoms with Crippen LogP contribution in [0, 0.1) is 6.92 Å². The van der Waals surface area contributed by atoms with Crippen molar-refractivity contribution in [3.8, 4) is 5.75 Å². The second-order valence-electron chi connectivity index (χ2n) is 8.61. The zero-order chi connectivity index (χ0) is 23.5. The van der Waals surface area contributed by atoms with Crippen LogP contribution >= 0.6 is 0 Å². The molecule has 32 heavy (non-hydrogen) atoms. The molecule has 3 rings (SSSR count). The minimum Gasteiger partial charge on any atom is -0.487 e. The molecule has 1 N–H and O–H groups in total. The number of aryl methyl sites for hydroxylation is 1. The van der Waals surface area contributed by atoms with E-state index in [9.17, 15) is 13.2 Å². The van der Waals surface area contributed by atoms with Gasteiger partial charge in [-0.1, -0.05) is 56.7 Å². The maximum atomic E-state index is 13.5. The van der Waals surface area contributed by atoms with Crippen LogP contribution in [-0.4, -0.2) is 32.2 Å². The van der Waals surface area contributed by atoms with Crippen molar-refractivity contribution in [3.05, 3.63) is 59.7 Å². The molecule has 0 spiro atoms. The molecule has 0 aromatic heterocycles. The summed E-state index contributed by atoms with van der Waals surface area (Å²) < 4.78 is 33.0. The Balaban J connectivity index is 1.95. The number of para-hydroxylation sites is 1. The summed E-state index contributed by atoms with van der Waals surface area (Å²) in [5, 5.41) is 3.16. The maximum absolute atomic E-state index is 13.5. The van der Waals surface area contributed by atoms with Gasteiger partial charge in [0.2, 0.25) is 15.9 Å². The highest BCUT2D eigenvalue weighted by Crippen LogP contribution is 2.42. The van der Waals surface area contributed by atoms with Crippen LogP contribution in [0.5, 0.6) is 5.75 Å². The van der Waals surface area contributed by atoms with Gasteiger partial charge in [-0.3, -0.25) is 9.10 Å². The van der Waals surface area contributed by atoms with E-state index in [1.54, 1.807) is 12.1 Å². The predicted octanol–water partition coefficient (Wildman–Crippen LogP) is 4.74. The fourth-order valence-electron chi connectivity index (χ4n) is 4.45. The fraction of sp³-hybridized carbons (Fsp3) is 0.480. The van der Waals surface area contributed by atoms with E-state index in [2.05, 4.69) is 19.2 Å². The molecule has 1 amide bonds. The third kappa shape index (κ3) is 4.93. The van der Waals surface area contributed by atoms with Crippen LogP contribution in [0.3, 0.4) is 0 Å². The maximum Gasteiger partial charge on any atom is 0.244 e. The molecular weight excluding hydrogens is 424 g/mol. The highest BCUT2D eigenvalue weighted by atomic mass is 32.2. The van der Waals surface area contributed by atoms with Crippen molar-refractivity contribution < 1.29 is 17.9 Å². The fourth-order valence-corrected chi connectivity index (χ4v) is 5.66. The van der Waals surface area contributed by atoms with E-state index in [0.29, 0.717) is 18.5 Å². The molecule has 0 unspecified atom stereocenters. The molecule has 0 radical (unpaired) electrons. The number of nitrogens with zero attached hydrogens (tertiary/aromatic N) is 1. The number of rotatable bonds is 8. The molecule has 0 aliphatic carbocycles. The Hall–Kier alpha value is -2.54. The monoisotopic (exact) mass is 458 g/mol. The molecule has 174 valence electrons. The Morgan fingerprint density at radius 1 is 1.12 bits per heavy atom. The van der Waals surface area contributed by atoms with Gasteiger partial charge >= 0.3 is 0 Å². The number of benzene rings is 2. The number of ether oxygens (including phenoxy) is 1. The quantitative estimate of drug-likeness (QED) is 0.620. The number of carbonyl (C=O) groups is 1. The molecule has 2 aromatic carbocycles. The molecule has 6 nitrogen and oxygen atoms in total. The van der Waals surface area contributed by atoms with Crippen molar-refractivity contribution >= 4 is 21.6 Å². The number of hydrogen-bond acceptors (Lipinski definition) is 4. The molecule has 0 bridgehead atoms. The molecule has 0 fully saturated rings. The number of hydrogen-bond donors (Lipinski definition) is 1. The van der Waals surface area contributed by atoms with Crippen LogP contribution < -0.4 is 14.4 Å². The number of fused-ring (bicyclic) bond motifs is 1. The van der Waals surface area contributed by atoms with E-state index in [-0.39, 0.29) is 17.6 Å². The summed E-state index contributed by atoms with van der Waals surface area (Å²) in [6, 6.07) is 13.8. The first-order valence-electron chi connectivity index (χ1n) is 11.3. The number of nitrogens with one attached hydrogen (secondary N) is 1. The third-order valence-corrected chi connectivity index (χ3v) is 7.60. The molecule has 1 aliphatic rings. The lowest BCUT2D eigenvalue weighted by Crippen LogP contribution is -2.52. The van der Waals surface area contributed by atoms with Crippen molar-refractivity contribution in [1.82, 2.24) is 5.32 Å². The van der Waals surface area contributed by atoms with E-state index >= 15 is 0 Å². The number of carbonyl (C=O) groups excluding carboxylic acids is 1. The van der Waals surface area contributed by atoms with Gasteiger partial charge in [-0.15, -0.1) is 0 Å². The van der Waals surface area contributed by atoms with Gasteiger partial charge in [0.05, 0.1) is 18.0 Å². The first kappa shape index (κ1) is 24.1. The summed E-state index contributed by atoms with van der Waals surface area (Å²) >= 11 is 0. The Morgan fingerprint density at radius 3 is 2.31 bits per heavy atom. The number of amides is 1. The molecule has 0 saturated carbocycles. The first-order chi connectivity index (χ1) is 15.1. The average molecular weight is 459 g/mol. The van der Waals surface area contributed by atoms with Crippen molar-refractivity contribution in [2.45, 2.75) is 71.1 Å². The van der Waals surface area contributed by atoms with Gasteiger partial charge in [-0.2, -0.15) is 0 Å². The zero-order valence-corrected chi connectivity index (χ0v) is 20.4. The van der Waals surface area contributed by atoms with E-state index in [4.69, 9.17) is 4.74 Å². The highest BCUT2D eigenvalue weighted by Gasteiger charge is 2.40. The van der Waals surface area contributed by atoms with E-state index in [0.717, 1.165) is 36.0 Å². The summed E-state index contributed by atoms with van der Waals surface area (Å²) in [6.07, 6.45) is 3.78.